The van der Waals surface area contributed by atoms with Gasteiger partial charge in [-0.15, -0.1) is 0 Å². The summed E-state index contributed by atoms with van der Waals surface area (Å²) in [6.07, 6.45) is -0.300. The van der Waals surface area contributed by atoms with Crippen LogP contribution in [0.15, 0.2) is 66.7 Å². The number of nitriles is 1. The monoisotopic (exact) mass is 509 g/mol. The van der Waals surface area contributed by atoms with Gasteiger partial charge in [0.15, 0.2) is 0 Å². The molecule has 0 aromatic heterocycles. The van der Waals surface area contributed by atoms with Crippen molar-refractivity contribution in [3.63, 3.8) is 0 Å². The lowest BCUT2D eigenvalue weighted by atomic mass is 9.98. The number of hydrogen-bond acceptors (Lipinski definition) is 5. The number of rotatable bonds is 7. The maximum absolute atomic E-state index is 9.29. The van der Waals surface area contributed by atoms with E-state index in [9.17, 15) is 5.11 Å². The Kier molecular flexibility index (Phi) is 8.20. The fourth-order valence-electron chi connectivity index (χ4n) is 4.52. The molecule has 4 rings (SSSR count). The van der Waals surface area contributed by atoms with Crippen LogP contribution in [-0.2, 0) is 0 Å². The lowest BCUT2D eigenvalue weighted by molar-refractivity contribution is 0.130. The summed E-state index contributed by atoms with van der Waals surface area (Å²) in [5, 5.41) is 19.7. The molecule has 3 atom stereocenters. The van der Waals surface area contributed by atoms with Crippen LogP contribution in [-0.4, -0.2) is 42.4 Å². The Morgan fingerprint density at radius 3 is 2.37 bits per heavy atom. The minimum atomic E-state index is -0.300. The predicted molar refractivity (Wildman–Crippen MR) is 141 cm³/mol. The summed E-state index contributed by atoms with van der Waals surface area (Å²) in [4.78, 5) is 4.80. The Morgan fingerprint density at radius 2 is 1.74 bits per heavy atom. The van der Waals surface area contributed by atoms with Gasteiger partial charge in [-0.25, -0.2) is 0 Å². The van der Waals surface area contributed by atoms with Crippen LogP contribution >= 0.6 is 23.2 Å². The number of halogens is 2. The SMILES string of the molecule is C[C@H](CO)Oc1ccc(N2CCN([C@H](C)c3ccc(C#N)cc3)C[C@H]2c2ccc(Cl)cc2)c(Cl)c1. The van der Waals surface area contributed by atoms with Gasteiger partial charge in [-0.1, -0.05) is 47.5 Å². The van der Waals surface area contributed by atoms with Gasteiger partial charge in [0.2, 0.25) is 0 Å². The largest absolute Gasteiger partial charge is 0.488 e. The van der Waals surface area contributed by atoms with Crippen LogP contribution in [0.2, 0.25) is 10.0 Å². The molecule has 0 bridgehead atoms. The van der Waals surface area contributed by atoms with Crippen LogP contribution in [0, 0.1) is 11.3 Å². The standard InChI is InChI=1S/C28H29Cl2N3O2/c1-19(18-34)35-25-11-12-27(26(30)15-25)33-14-13-32(17-28(33)23-7-9-24(29)10-8-23)20(2)22-5-3-21(16-31)4-6-22/h3-12,15,19-20,28,34H,13-14,17-18H2,1-2H3/t19-,20-,28+/m1/s1. The Bertz CT molecular complexity index is 1180. The van der Waals surface area contributed by atoms with E-state index in [2.05, 4.69) is 34.9 Å². The van der Waals surface area contributed by atoms with Crippen molar-refractivity contribution in [3.05, 3.63) is 93.5 Å². The molecule has 1 aliphatic heterocycles. The van der Waals surface area contributed by atoms with E-state index in [0.717, 1.165) is 30.9 Å². The molecule has 1 fully saturated rings. The van der Waals surface area contributed by atoms with Crippen molar-refractivity contribution in [3.8, 4) is 11.8 Å². The first kappa shape index (κ1) is 25.3. The highest BCUT2D eigenvalue weighted by Gasteiger charge is 2.32. The summed E-state index contributed by atoms with van der Waals surface area (Å²) in [5.74, 6) is 0.636. The number of aliphatic hydroxyl groups excluding tert-OH is 1. The maximum Gasteiger partial charge on any atom is 0.121 e. The molecular weight excluding hydrogens is 481 g/mol. The molecule has 0 aliphatic carbocycles. The zero-order valence-corrected chi connectivity index (χ0v) is 21.4. The van der Waals surface area contributed by atoms with Gasteiger partial charge < -0.3 is 14.7 Å². The molecule has 3 aromatic rings. The molecule has 0 amide bonds. The van der Waals surface area contributed by atoms with E-state index in [4.69, 9.17) is 33.2 Å². The highest BCUT2D eigenvalue weighted by atomic mass is 35.5. The normalized spacial score (nSPS) is 18.1. The Morgan fingerprint density at radius 1 is 1.03 bits per heavy atom. The Hall–Kier alpha value is -2.75. The number of piperazine rings is 1. The second kappa shape index (κ2) is 11.3. The molecule has 35 heavy (non-hydrogen) atoms. The van der Waals surface area contributed by atoms with E-state index < -0.39 is 0 Å². The van der Waals surface area contributed by atoms with E-state index in [1.165, 1.54) is 5.56 Å². The lowest BCUT2D eigenvalue weighted by Gasteiger charge is -2.45. The molecule has 1 aliphatic rings. The van der Waals surface area contributed by atoms with Crippen molar-refractivity contribution in [1.29, 1.82) is 5.26 Å². The quantitative estimate of drug-likeness (QED) is 0.407. The van der Waals surface area contributed by atoms with Crippen molar-refractivity contribution in [2.45, 2.75) is 32.0 Å². The number of benzene rings is 3. The molecule has 1 heterocycles. The minimum Gasteiger partial charge on any atom is -0.488 e. The molecule has 0 unspecified atom stereocenters. The number of ether oxygens (including phenoxy) is 1. The van der Waals surface area contributed by atoms with E-state index in [1.807, 2.05) is 61.5 Å². The Balaban J connectivity index is 1.61. The molecule has 1 N–H and O–H groups in total. The third kappa shape index (κ3) is 5.91. The van der Waals surface area contributed by atoms with E-state index in [-0.39, 0.29) is 24.8 Å². The molecule has 0 radical (unpaired) electrons. The molecular formula is C28H29Cl2N3O2. The number of aliphatic hydroxyl groups is 1. The van der Waals surface area contributed by atoms with Crippen LogP contribution in [0.4, 0.5) is 5.69 Å². The summed E-state index contributed by atoms with van der Waals surface area (Å²) in [6.45, 7) is 6.42. The highest BCUT2D eigenvalue weighted by Crippen LogP contribution is 2.39. The summed E-state index contributed by atoms with van der Waals surface area (Å²) >= 11 is 12.9. The first-order valence-electron chi connectivity index (χ1n) is 11.7. The van der Waals surface area contributed by atoms with Crippen molar-refractivity contribution in [1.82, 2.24) is 4.90 Å². The molecule has 0 spiro atoms. The van der Waals surface area contributed by atoms with Crippen molar-refractivity contribution in [2.75, 3.05) is 31.1 Å². The van der Waals surface area contributed by atoms with Crippen LogP contribution < -0.4 is 9.64 Å². The molecule has 3 aromatic carbocycles. The second-order valence-electron chi connectivity index (χ2n) is 8.89. The summed E-state index contributed by atoms with van der Waals surface area (Å²) in [5.41, 5.74) is 3.96. The third-order valence-electron chi connectivity index (χ3n) is 6.56. The molecule has 0 saturated carbocycles. The number of nitrogens with zero attached hydrogens (tertiary/aromatic N) is 3. The summed E-state index contributed by atoms with van der Waals surface area (Å²) in [6, 6.07) is 24.0. The van der Waals surface area contributed by atoms with Crippen molar-refractivity contribution < 1.29 is 9.84 Å². The van der Waals surface area contributed by atoms with Gasteiger partial charge in [0.05, 0.1) is 35.0 Å². The number of hydrogen-bond donors (Lipinski definition) is 1. The lowest BCUT2D eigenvalue weighted by Crippen LogP contribution is -2.49. The van der Waals surface area contributed by atoms with Gasteiger partial charge in [-0.3, -0.25) is 4.90 Å². The summed E-state index contributed by atoms with van der Waals surface area (Å²) in [7, 11) is 0. The molecule has 182 valence electrons. The predicted octanol–water partition coefficient (Wildman–Crippen LogP) is 6.25. The smallest absolute Gasteiger partial charge is 0.121 e. The van der Waals surface area contributed by atoms with Gasteiger partial charge in [-0.2, -0.15) is 5.26 Å². The van der Waals surface area contributed by atoms with Crippen molar-refractivity contribution in [2.24, 2.45) is 0 Å². The molecule has 1 saturated heterocycles. The van der Waals surface area contributed by atoms with E-state index in [1.54, 1.807) is 0 Å². The highest BCUT2D eigenvalue weighted by molar-refractivity contribution is 6.33. The third-order valence-corrected chi connectivity index (χ3v) is 7.11. The average molecular weight is 510 g/mol. The average Bonchev–Trinajstić information content (AvgIpc) is 2.88. The fourth-order valence-corrected chi connectivity index (χ4v) is 4.93. The maximum atomic E-state index is 9.29. The molecule has 7 heteroatoms. The zero-order valence-electron chi connectivity index (χ0n) is 19.9. The van der Waals surface area contributed by atoms with Crippen LogP contribution in [0.3, 0.4) is 0 Å². The first-order chi connectivity index (χ1) is 16.9. The second-order valence-corrected chi connectivity index (χ2v) is 9.73. The van der Waals surface area contributed by atoms with Gasteiger partial charge in [-0.05, 0) is 61.4 Å². The van der Waals surface area contributed by atoms with Gasteiger partial charge in [0.1, 0.15) is 11.9 Å². The van der Waals surface area contributed by atoms with Crippen LogP contribution in [0.25, 0.3) is 0 Å². The van der Waals surface area contributed by atoms with Gasteiger partial charge >= 0.3 is 0 Å². The van der Waals surface area contributed by atoms with Crippen LogP contribution in [0.5, 0.6) is 5.75 Å². The first-order valence-corrected chi connectivity index (χ1v) is 12.5. The summed E-state index contributed by atoms with van der Waals surface area (Å²) < 4.78 is 5.73. The van der Waals surface area contributed by atoms with E-state index >= 15 is 0 Å². The fraction of sp³-hybridized carbons (Fsp3) is 0.321. The topological polar surface area (TPSA) is 59.7 Å². The Labute approximate surface area is 217 Å². The number of anilines is 1. The van der Waals surface area contributed by atoms with Crippen LogP contribution in [0.1, 0.15) is 42.6 Å². The zero-order chi connectivity index (χ0) is 24.9. The van der Waals surface area contributed by atoms with Gasteiger partial charge in [0, 0.05) is 36.8 Å². The molecule has 5 nitrogen and oxygen atoms in total. The van der Waals surface area contributed by atoms with Crippen molar-refractivity contribution >= 4 is 28.9 Å². The van der Waals surface area contributed by atoms with E-state index in [0.29, 0.717) is 21.4 Å². The van der Waals surface area contributed by atoms with Gasteiger partial charge in [0.25, 0.3) is 0 Å². The minimum absolute atomic E-state index is 0.0581.